The number of furan rings is 2. The lowest BCUT2D eigenvalue weighted by Crippen LogP contribution is -2.42. The Morgan fingerprint density at radius 2 is 1.95 bits per heavy atom. The summed E-state index contributed by atoms with van der Waals surface area (Å²) in [6.07, 6.45) is 1.74. The third kappa shape index (κ3) is 4.79. The second kappa shape index (κ2) is 10.1. The van der Waals surface area contributed by atoms with Crippen molar-refractivity contribution in [3.63, 3.8) is 0 Å². The van der Waals surface area contributed by atoms with Gasteiger partial charge in [-0.3, -0.25) is 14.2 Å². The Hall–Kier alpha value is -3.76. The minimum atomic E-state index is -0.531. The summed E-state index contributed by atoms with van der Waals surface area (Å²) in [5, 5.41) is 0.404. The van der Waals surface area contributed by atoms with Gasteiger partial charge in [0.1, 0.15) is 28.5 Å². The highest BCUT2D eigenvalue weighted by Gasteiger charge is 2.42. The first kappa shape index (κ1) is 25.5. The number of carbonyl (C=O) groups is 1. The van der Waals surface area contributed by atoms with Crippen LogP contribution in [0.4, 0.5) is 4.39 Å². The van der Waals surface area contributed by atoms with Crippen molar-refractivity contribution in [2.75, 3.05) is 13.1 Å². The molecule has 10 heteroatoms. The predicted octanol–water partition coefficient (Wildman–Crippen LogP) is 5.55. The second-order valence-electron chi connectivity index (χ2n) is 9.92. The maximum atomic E-state index is 14.2. The number of fused-ring (bicyclic) bond motifs is 3. The molecule has 6 rings (SSSR count). The van der Waals surface area contributed by atoms with Crippen LogP contribution in [-0.4, -0.2) is 33.4 Å². The number of benzene rings is 2. The van der Waals surface area contributed by atoms with Gasteiger partial charge in [-0.05, 0) is 84.1 Å². The van der Waals surface area contributed by atoms with Crippen LogP contribution >= 0.6 is 15.9 Å². The fraction of sp³-hybridized carbons (Fsp3) is 0.276. The molecule has 200 valence electrons. The Morgan fingerprint density at radius 3 is 2.62 bits per heavy atom. The summed E-state index contributed by atoms with van der Waals surface area (Å²) in [5.74, 6) is 0.347. The van der Waals surface area contributed by atoms with Gasteiger partial charge in [-0.1, -0.05) is 17.7 Å². The molecule has 1 fully saturated rings. The van der Waals surface area contributed by atoms with Gasteiger partial charge in [0.2, 0.25) is 5.58 Å². The van der Waals surface area contributed by atoms with Crippen molar-refractivity contribution in [1.82, 2.24) is 14.5 Å². The van der Waals surface area contributed by atoms with E-state index >= 15 is 0 Å². The van der Waals surface area contributed by atoms with Gasteiger partial charge in [-0.2, -0.15) is 0 Å². The van der Waals surface area contributed by atoms with Gasteiger partial charge in [0, 0.05) is 24.0 Å². The van der Waals surface area contributed by atoms with Crippen molar-refractivity contribution >= 4 is 43.9 Å². The van der Waals surface area contributed by atoms with Gasteiger partial charge in [0.05, 0.1) is 12.6 Å². The van der Waals surface area contributed by atoms with Crippen LogP contribution < -0.4 is 11.3 Å². The second-order valence-corrected chi connectivity index (χ2v) is 10.7. The zero-order valence-electron chi connectivity index (χ0n) is 21.2. The maximum absolute atomic E-state index is 14.2. The van der Waals surface area contributed by atoms with Crippen molar-refractivity contribution in [3.05, 3.63) is 98.1 Å². The first-order valence-corrected chi connectivity index (χ1v) is 13.6. The normalized spacial score (nSPS) is 14.3. The topological polar surface area (TPSA) is 108 Å². The van der Waals surface area contributed by atoms with Crippen molar-refractivity contribution < 1.29 is 18.0 Å². The molecule has 1 amide bonds. The van der Waals surface area contributed by atoms with Gasteiger partial charge in [0.15, 0.2) is 4.67 Å². The van der Waals surface area contributed by atoms with Gasteiger partial charge in [-0.15, -0.1) is 0 Å². The van der Waals surface area contributed by atoms with E-state index in [4.69, 9.17) is 19.6 Å². The maximum Gasteiger partial charge on any atom is 0.297 e. The summed E-state index contributed by atoms with van der Waals surface area (Å²) in [4.78, 5) is 34.5. The summed E-state index contributed by atoms with van der Waals surface area (Å²) >= 11 is 3.32. The number of aryl methyl sites for hydroxylation is 1. The summed E-state index contributed by atoms with van der Waals surface area (Å²) in [6.45, 7) is 2.54. The molecule has 1 saturated carbocycles. The standard InChI is InChI=1S/C29H26BrFN4O4/c1-16-2-4-18(5-3-16)28(36)34(13-12-32)25(17-6-7-17)27-33-24-21-14-19(31)8-10-22(21)39-26(24)29(37)35(27)15-20-9-11-23(30)38-20/h2-5,8-11,14,17,25H,6-7,12-13,15,32H2,1H3/t25-/m1/s1. The molecule has 5 aromatic rings. The number of hydrogen-bond donors (Lipinski definition) is 1. The predicted molar refractivity (Wildman–Crippen MR) is 148 cm³/mol. The summed E-state index contributed by atoms with van der Waals surface area (Å²) < 4.78 is 27.8. The van der Waals surface area contributed by atoms with E-state index in [1.165, 1.54) is 22.8 Å². The fourth-order valence-electron chi connectivity index (χ4n) is 5.07. The lowest BCUT2D eigenvalue weighted by Gasteiger charge is -2.32. The van der Waals surface area contributed by atoms with E-state index in [9.17, 15) is 14.0 Å². The molecule has 0 bridgehead atoms. The first-order chi connectivity index (χ1) is 18.8. The van der Waals surface area contributed by atoms with E-state index in [-0.39, 0.29) is 42.6 Å². The molecule has 8 nitrogen and oxygen atoms in total. The average molecular weight is 593 g/mol. The number of halogens is 2. The molecule has 0 aliphatic heterocycles. The lowest BCUT2D eigenvalue weighted by molar-refractivity contribution is 0.0643. The molecular weight excluding hydrogens is 567 g/mol. The van der Waals surface area contributed by atoms with Crippen LogP contribution in [0.5, 0.6) is 0 Å². The molecule has 1 aliphatic rings. The number of carbonyl (C=O) groups excluding carboxylic acids is 1. The first-order valence-electron chi connectivity index (χ1n) is 12.8. The summed E-state index contributed by atoms with van der Waals surface area (Å²) in [7, 11) is 0. The largest absolute Gasteiger partial charge is 0.452 e. The molecule has 0 unspecified atom stereocenters. The highest BCUT2D eigenvalue weighted by Crippen LogP contribution is 2.45. The molecule has 3 aromatic heterocycles. The molecule has 0 radical (unpaired) electrons. The average Bonchev–Trinajstić information content (AvgIpc) is 3.57. The number of hydrogen-bond acceptors (Lipinski definition) is 6. The zero-order valence-corrected chi connectivity index (χ0v) is 22.8. The molecular formula is C29H26BrFN4O4. The molecule has 3 heterocycles. The molecule has 1 atom stereocenters. The lowest BCUT2D eigenvalue weighted by atomic mass is 10.1. The fourth-order valence-corrected chi connectivity index (χ4v) is 5.41. The minimum Gasteiger partial charge on any atom is -0.452 e. The molecule has 1 aliphatic carbocycles. The molecule has 0 spiro atoms. The van der Waals surface area contributed by atoms with E-state index in [1.54, 1.807) is 29.2 Å². The van der Waals surface area contributed by atoms with Gasteiger partial charge in [0.25, 0.3) is 11.5 Å². The highest BCUT2D eigenvalue weighted by molar-refractivity contribution is 9.10. The SMILES string of the molecule is Cc1ccc(C(=O)N(CCN)[C@@H](c2nc3c(oc4ccc(F)cc43)c(=O)n2Cc2ccc(Br)o2)C2CC2)cc1. The molecule has 2 aromatic carbocycles. The molecule has 0 saturated heterocycles. The van der Waals surface area contributed by atoms with Gasteiger partial charge < -0.3 is 19.5 Å². The van der Waals surface area contributed by atoms with Crippen molar-refractivity contribution in [3.8, 4) is 0 Å². The van der Waals surface area contributed by atoms with Crippen LogP contribution in [-0.2, 0) is 6.54 Å². The molecule has 2 N–H and O–H groups in total. The number of aromatic nitrogens is 2. The Labute approximate surface area is 231 Å². The summed E-state index contributed by atoms with van der Waals surface area (Å²) in [6, 6.07) is 14.4. The number of rotatable bonds is 8. The Balaban J connectivity index is 1.58. The van der Waals surface area contributed by atoms with Crippen LogP contribution in [0.1, 0.15) is 46.4 Å². The van der Waals surface area contributed by atoms with Crippen LogP contribution in [0.25, 0.3) is 22.1 Å². The van der Waals surface area contributed by atoms with E-state index in [0.717, 1.165) is 18.4 Å². The van der Waals surface area contributed by atoms with E-state index in [1.807, 2.05) is 19.1 Å². The van der Waals surface area contributed by atoms with Crippen LogP contribution in [0, 0.1) is 18.7 Å². The van der Waals surface area contributed by atoms with Crippen molar-refractivity contribution in [1.29, 1.82) is 0 Å². The van der Waals surface area contributed by atoms with E-state index in [0.29, 0.717) is 32.8 Å². The zero-order chi connectivity index (χ0) is 27.3. The summed E-state index contributed by atoms with van der Waals surface area (Å²) in [5.41, 5.74) is 7.79. The minimum absolute atomic E-state index is 0.0229. The van der Waals surface area contributed by atoms with Crippen molar-refractivity contribution in [2.45, 2.75) is 32.4 Å². The Bertz CT molecular complexity index is 1750. The van der Waals surface area contributed by atoms with E-state index < -0.39 is 17.4 Å². The number of nitrogens with two attached hydrogens (primary N) is 1. The van der Waals surface area contributed by atoms with E-state index in [2.05, 4.69) is 15.9 Å². The quantitative estimate of drug-likeness (QED) is 0.253. The third-order valence-electron chi connectivity index (χ3n) is 7.11. The smallest absolute Gasteiger partial charge is 0.297 e. The Kier molecular flexibility index (Phi) is 6.60. The van der Waals surface area contributed by atoms with Crippen LogP contribution in [0.3, 0.4) is 0 Å². The number of amides is 1. The van der Waals surface area contributed by atoms with Gasteiger partial charge >= 0.3 is 0 Å². The van der Waals surface area contributed by atoms with Crippen LogP contribution in [0.2, 0.25) is 0 Å². The number of nitrogens with zero attached hydrogens (tertiary/aromatic N) is 3. The van der Waals surface area contributed by atoms with Crippen LogP contribution in [0.15, 0.2) is 72.9 Å². The highest BCUT2D eigenvalue weighted by atomic mass is 79.9. The monoisotopic (exact) mass is 592 g/mol. The van der Waals surface area contributed by atoms with Gasteiger partial charge in [-0.25, -0.2) is 9.37 Å². The Morgan fingerprint density at radius 1 is 1.18 bits per heavy atom. The third-order valence-corrected chi connectivity index (χ3v) is 7.53. The van der Waals surface area contributed by atoms with Crippen molar-refractivity contribution in [2.24, 2.45) is 11.7 Å². The molecule has 39 heavy (non-hydrogen) atoms.